The number of hydrogen-bond donors (Lipinski definition) is 0. The number of rotatable bonds is 5. The lowest BCUT2D eigenvalue weighted by Gasteiger charge is -2.12. The highest BCUT2D eigenvalue weighted by molar-refractivity contribution is 6.17. The van der Waals surface area contributed by atoms with Crippen molar-refractivity contribution in [1.29, 1.82) is 0 Å². The third-order valence-corrected chi connectivity index (χ3v) is 9.84. The van der Waals surface area contributed by atoms with Crippen LogP contribution in [0.4, 0.5) is 0 Å². The summed E-state index contributed by atoms with van der Waals surface area (Å²) < 4.78 is 2.14. The van der Waals surface area contributed by atoms with Gasteiger partial charge in [0.25, 0.3) is 0 Å². The highest BCUT2D eigenvalue weighted by Gasteiger charge is 2.21. The lowest BCUT2D eigenvalue weighted by molar-refractivity contribution is 0.918. The Kier molecular flexibility index (Phi) is 6.78. The molecule has 3 aromatic heterocycles. The molecule has 0 spiro atoms. The van der Waals surface area contributed by atoms with E-state index in [0.717, 1.165) is 72.0 Å². The number of fused-ring (bicyclic) bond motifs is 6. The van der Waals surface area contributed by atoms with E-state index in [4.69, 9.17) is 10.1 Å². The van der Waals surface area contributed by atoms with E-state index in [9.17, 15) is 0 Å². The first-order valence-corrected chi connectivity index (χ1v) is 17.2. The minimum Gasteiger partial charge on any atom is -0.254 e. The first-order chi connectivity index (χ1) is 25.3. The minimum absolute atomic E-state index is 0.923. The van der Waals surface area contributed by atoms with Crippen LogP contribution >= 0.6 is 0 Å². The third-order valence-electron chi connectivity index (χ3n) is 9.84. The lowest BCUT2D eigenvalue weighted by atomic mass is 9.94. The Morgan fingerprint density at radius 3 is 1.92 bits per heavy atom. The van der Waals surface area contributed by atoms with E-state index in [1.54, 1.807) is 0 Å². The standard InChI is InChI=1S/C47H30N4/c1-3-11-32(12-4-1)41-30-38-15-7-8-19-40(38)47-43(41)44(34-13-5-2-6-14-34)50-51(47)39-18-9-16-37(29-39)31-20-22-33(23-21-31)42-27-26-36-25-24-35-17-10-28-48-45(35)46(36)49-42/h1-30H. The fourth-order valence-corrected chi connectivity index (χ4v) is 7.35. The summed E-state index contributed by atoms with van der Waals surface area (Å²) in [6, 6.07) is 62.0. The molecule has 0 N–H and O–H groups in total. The molecule has 0 fully saturated rings. The Hall–Kier alpha value is -6.91. The van der Waals surface area contributed by atoms with Crippen molar-refractivity contribution >= 4 is 43.5 Å². The summed E-state index contributed by atoms with van der Waals surface area (Å²) in [7, 11) is 0. The number of pyridine rings is 2. The molecule has 3 heterocycles. The first-order valence-electron chi connectivity index (χ1n) is 17.2. The Morgan fingerprint density at radius 2 is 1.10 bits per heavy atom. The third kappa shape index (κ3) is 4.96. The molecular formula is C47H30N4. The molecule has 4 heteroatoms. The summed E-state index contributed by atoms with van der Waals surface area (Å²) in [6.07, 6.45) is 1.83. The van der Waals surface area contributed by atoms with E-state index in [1.807, 2.05) is 12.3 Å². The molecule has 0 atom stereocenters. The molecular weight excluding hydrogens is 621 g/mol. The molecule has 10 rings (SSSR count). The molecule has 10 aromatic rings. The summed E-state index contributed by atoms with van der Waals surface area (Å²) in [6.45, 7) is 0. The van der Waals surface area contributed by atoms with Crippen LogP contribution < -0.4 is 0 Å². The van der Waals surface area contributed by atoms with Gasteiger partial charge in [-0.15, -0.1) is 0 Å². The largest absolute Gasteiger partial charge is 0.254 e. The average molecular weight is 651 g/mol. The van der Waals surface area contributed by atoms with Crippen LogP contribution in [0.1, 0.15) is 0 Å². The minimum atomic E-state index is 0.923. The van der Waals surface area contributed by atoms with E-state index < -0.39 is 0 Å². The lowest BCUT2D eigenvalue weighted by Crippen LogP contribution is -1.98. The predicted octanol–water partition coefficient (Wildman–Crippen LogP) is 11.9. The van der Waals surface area contributed by atoms with E-state index >= 15 is 0 Å². The maximum Gasteiger partial charge on any atom is 0.101 e. The average Bonchev–Trinajstić information content (AvgIpc) is 3.62. The molecule has 0 aliphatic carbocycles. The molecule has 0 aliphatic heterocycles. The molecule has 0 bridgehead atoms. The van der Waals surface area contributed by atoms with Gasteiger partial charge in [-0.3, -0.25) is 4.98 Å². The van der Waals surface area contributed by atoms with Crippen molar-refractivity contribution in [3.63, 3.8) is 0 Å². The fraction of sp³-hybridized carbons (Fsp3) is 0. The summed E-state index contributed by atoms with van der Waals surface area (Å²) in [5.41, 5.74) is 12.6. The van der Waals surface area contributed by atoms with Gasteiger partial charge in [0.2, 0.25) is 0 Å². The van der Waals surface area contributed by atoms with Crippen LogP contribution in [0.3, 0.4) is 0 Å². The van der Waals surface area contributed by atoms with Gasteiger partial charge in [-0.25, -0.2) is 9.67 Å². The van der Waals surface area contributed by atoms with Crippen molar-refractivity contribution in [3.05, 3.63) is 182 Å². The van der Waals surface area contributed by atoms with Crippen molar-refractivity contribution in [1.82, 2.24) is 19.7 Å². The van der Waals surface area contributed by atoms with Gasteiger partial charge in [0.15, 0.2) is 0 Å². The molecule has 0 unspecified atom stereocenters. The highest BCUT2D eigenvalue weighted by Crippen LogP contribution is 2.42. The van der Waals surface area contributed by atoms with Crippen LogP contribution in [-0.4, -0.2) is 19.7 Å². The van der Waals surface area contributed by atoms with Crippen LogP contribution in [0, 0.1) is 0 Å². The topological polar surface area (TPSA) is 43.6 Å². The number of hydrogen-bond acceptors (Lipinski definition) is 3. The number of benzene rings is 7. The molecule has 238 valence electrons. The van der Waals surface area contributed by atoms with Crippen molar-refractivity contribution in [3.8, 4) is 50.5 Å². The second-order valence-electron chi connectivity index (χ2n) is 12.9. The molecule has 51 heavy (non-hydrogen) atoms. The first kappa shape index (κ1) is 29.0. The molecule has 0 amide bonds. The Labute approximate surface area is 294 Å². The van der Waals surface area contributed by atoms with Crippen molar-refractivity contribution in [2.45, 2.75) is 0 Å². The van der Waals surface area contributed by atoms with Gasteiger partial charge < -0.3 is 0 Å². The van der Waals surface area contributed by atoms with Crippen molar-refractivity contribution in [2.75, 3.05) is 0 Å². The summed E-state index contributed by atoms with van der Waals surface area (Å²) >= 11 is 0. The van der Waals surface area contributed by atoms with Gasteiger partial charge >= 0.3 is 0 Å². The van der Waals surface area contributed by atoms with Gasteiger partial charge in [0.1, 0.15) is 5.69 Å². The van der Waals surface area contributed by atoms with Crippen molar-refractivity contribution < 1.29 is 0 Å². The molecule has 7 aromatic carbocycles. The Balaban J connectivity index is 1.11. The fourth-order valence-electron chi connectivity index (χ4n) is 7.35. The maximum absolute atomic E-state index is 5.40. The van der Waals surface area contributed by atoms with Crippen LogP contribution in [0.5, 0.6) is 0 Å². The second kappa shape index (κ2) is 11.9. The number of aromatic nitrogens is 4. The molecule has 0 radical (unpaired) electrons. The van der Waals surface area contributed by atoms with Crippen LogP contribution in [-0.2, 0) is 0 Å². The van der Waals surface area contributed by atoms with Gasteiger partial charge in [0.05, 0.1) is 27.9 Å². The molecule has 4 nitrogen and oxygen atoms in total. The predicted molar refractivity (Wildman–Crippen MR) is 211 cm³/mol. The quantitative estimate of drug-likeness (QED) is 0.174. The van der Waals surface area contributed by atoms with E-state index in [-0.39, 0.29) is 0 Å². The maximum atomic E-state index is 5.40. The van der Waals surface area contributed by atoms with Gasteiger partial charge in [-0.1, -0.05) is 146 Å². The van der Waals surface area contributed by atoms with E-state index in [1.165, 1.54) is 21.9 Å². The summed E-state index contributed by atoms with van der Waals surface area (Å²) in [5, 5.41) is 11.1. The van der Waals surface area contributed by atoms with Crippen LogP contribution in [0.2, 0.25) is 0 Å². The smallest absolute Gasteiger partial charge is 0.101 e. The van der Waals surface area contributed by atoms with Gasteiger partial charge in [-0.05, 0) is 58.0 Å². The second-order valence-corrected chi connectivity index (χ2v) is 12.9. The molecule has 0 aliphatic rings. The normalized spacial score (nSPS) is 11.5. The Morgan fingerprint density at radius 1 is 0.431 bits per heavy atom. The zero-order valence-electron chi connectivity index (χ0n) is 27.6. The zero-order valence-corrected chi connectivity index (χ0v) is 27.6. The Bertz CT molecular complexity index is 2890. The highest BCUT2D eigenvalue weighted by atomic mass is 15.3. The zero-order chi connectivity index (χ0) is 33.7. The summed E-state index contributed by atoms with van der Waals surface area (Å²) in [4.78, 5) is 9.70. The van der Waals surface area contributed by atoms with Gasteiger partial charge in [-0.2, -0.15) is 5.10 Å². The van der Waals surface area contributed by atoms with E-state index in [0.29, 0.717) is 0 Å². The summed E-state index contributed by atoms with van der Waals surface area (Å²) in [5.74, 6) is 0. The number of nitrogens with zero attached hydrogens (tertiary/aromatic N) is 4. The van der Waals surface area contributed by atoms with E-state index in [2.05, 4.69) is 180 Å². The van der Waals surface area contributed by atoms with Crippen molar-refractivity contribution in [2.24, 2.45) is 0 Å². The van der Waals surface area contributed by atoms with Gasteiger partial charge in [0, 0.05) is 38.9 Å². The van der Waals surface area contributed by atoms with Crippen LogP contribution in [0.25, 0.3) is 93.9 Å². The molecule has 0 saturated heterocycles. The molecule has 0 saturated carbocycles. The van der Waals surface area contributed by atoms with Crippen LogP contribution in [0.15, 0.2) is 182 Å². The SMILES string of the molecule is c1ccc(-c2cc3ccccc3c3c2c(-c2ccccc2)nn3-c2cccc(-c3ccc(-c4ccc5ccc6cccnc6c5n4)cc3)c2)cc1. The monoisotopic (exact) mass is 650 g/mol.